The molecule has 114 valence electrons. The van der Waals surface area contributed by atoms with Crippen LogP contribution in [0.25, 0.3) is 0 Å². The zero-order valence-electron chi connectivity index (χ0n) is 12.1. The van der Waals surface area contributed by atoms with Gasteiger partial charge >= 0.3 is 0 Å². The molecule has 6 heteroatoms. The first-order chi connectivity index (χ1) is 9.70. The minimum absolute atomic E-state index is 0.0701. The highest BCUT2D eigenvalue weighted by Crippen LogP contribution is 2.15. The summed E-state index contributed by atoms with van der Waals surface area (Å²) in [5, 5.41) is 0. The van der Waals surface area contributed by atoms with Crippen LogP contribution in [0.5, 0.6) is 0 Å². The van der Waals surface area contributed by atoms with Gasteiger partial charge in [0.25, 0.3) is 0 Å². The number of hydrogen-bond donors (Lipinski definition) is 1. The molecule has 0 aromatic heterocycles. The molecule has 2 aliphatic heterocycles. The molecular weight excluding hydrogens is 258 g/mol. The van der Waals surface area contributed by atoms with Gasteiger partial charge in [-0.1, -0.05) is 0 Å². The van der Waals surface area contributed by atoms with Crippen LogP contribution < -0.4 is 5.73 Å². The summed E-state index contributed by atoms with van der Waals surface area (Å²) in [7, 11) is 0. The van der Waals surface area contributed by atoms with Gasteiger partial charge in [-0.15, -0.1) is 0 Å². The molecule has 2 rings (SSSR count). The number of nitrogens with zero attached hydrogens (tertiary/aromatic N) is 2. The van der Waals surface area contributed by atoms with Gasteiger partial charge in [-0.3, -0.25) is 9.59 Å². The molecule has 0 spiro atoms. The smallest absolute Gasteiger partial charge is 0.242 e. The van der Waals surface area contributed by atoms with Crippen LogP contribution in [0.3, 0.4) is 0 Å². The molecule has 0 atom stereocenters. The molecule has 0 bridgehead atoms. The van der Waals surface area contributed by atoms with E-state index < -0.39 is 0 Å². The fourth-order valence-corrected chi connectivity index (χ4v) is 2.74. The van der Waals surface area contributed by atoms with E-state index in [0.29, 0.717) is 19.6 Å². The molecule has 2 N–H and O–H groups in total. The Bertz CT molecular complexity index is 341. The minimum Gasteiger partial charge on any atom is -0.378 e. The molecule has 0 aromatic rings. The van der Waals surface area contributed by atoms with Gasteiger partial charge in [0, 0.05) is 32.7 Å². The van der Waals surface area contributed by atoms with Gasteiger partial charge < -0.3 is 20.3 Å². The zero-order valence-corrected chi connectivity index (χ0v) is 12.1. The lowest BCUT2D eigenvalue weighted by Gasteiger charge is -2.33. The minimum atomic E-state index is 0.0701. The van der Waals surface area contributed by atoms with Gasteiger partial charge in [-0.25, -0.2) is 0 Å². The van der Waals surface area contributed by atoms with E-state index >= 15 is 0 Å². The van der Waals surface area contributed by atoms with Crippen LogP contribution in [0, 0.1) is 0 Å². The summed E-state index contributed by atoms with van der Waals surface area (Å²) in [6.45, 7) is 3.79. The normalized spacial score (nSPS) is 20.8. The Balaban J connectivity index is 1.67. The number of carbonyl (C=O) groups is 2. The molecule has 0 aliphatic carbocycles. The molecule has 2 amide bonds. The predicted molar refractivity (Wildman–Crippen MR) is 75.0 cm³/mol. The summed E-state index contributed by atoms with van der Waals surface area (Å²) in [5.41, 5.74) is 5.43. The second-order valence-electron chi connectivity index (χ2n) is 5.51. The third-order valence-corrected chi connectivity index (χ3v) is 3.99. The summed E-state index contributed by atoms with van der Waals surface area (Å²) in [6.07, 6.45) is 4.36. The van der Waals surface area contributed by atoms with Crippen LogP contribution in [0.15, 0.2) is 0 Å². The van der Waals surface area contributed by atoms with Crippen molar-refractivity contribution in [3.63, 3.8) is 0 Å². The Hall–Kier alpha value is -1.14. The van der Waals surface area contributed by atoms with Crippen LogP contribution in [-0.4, -0.2) is 67.0 Å². The van der Waals surface area contributed by atoms with Crippen LogP contribution in [-0.2, 0) is 14.3 Å². The predicted octanol–water partition coefficient (Wildman–Crippen LogP) is -0.0348. The second kappa shape index (κ2) is 7.59. The second-order valence-corrected chi connectivity index (χ2v) is 5.51. The first kappa shape index (κ1) is 15.3. The maximum Gasteiger partial charge on any atom is 0.242 e. The van der Waals surface area contributed by atoms with Crippen molar-refractivity contribution in [1.29, 1.82) is 0 Å². The molecule has 20 heavy (non-hydrogen) atoms. The van der Waals surface area contributed by atoms with Crippen molar-refractivity contribution in [2.24, 2.45) is 5.73 Å². The Labute approximate surface area is 120 Å². The van der Waals surface area contributed by atoms with Gasteiger partial charge in [0.1, 0.15) is 0 Å². The molecule has 0 saturated carbocycles. The Morgan fingerprint density at radius 1 is 1.30 bits per heavy atom. The lowest BCUT2D eigenvalue weighted by atomic mass is 10.1. The SMILES string of the molecule is NCCCOC1CCN(C(=O)CN2CCCC2=O)CC1. The molecular formula is C14H25N3O3. The van der Waals surface area contributed by atoms with Crippen LogP contribution in [0.1, 0.15) is 32.1 Å². The van der Waals surface area contributed by atoms with Crippen LogP contribution >= 0.6 is 0 Å². The van der Waals surface area contributed by atoms with E-state index in [0.717, 1.165) is 45.3 Å². The number of rotatable bonds is 6. The molecule has 2 heterocycles. The van der Waals surface area contributed by atoms with Crippen molar-refractivity contribution >= 4 is 11.8 Å². The van der Waals surface area contributed by atoms with Crippen LogP contribution in [0.4, 0.5) is 0 Å². The van der Waals surface area contributed by atoms with E-state index in [-0.39, 0.29) is 24.5 Å². The van der Waals surface area contributed by atoms with E-state index in [1.807, 2.05) is 4.90 Å². The molecule has 2 fully saturated rings. The van der Waals surface area contributed by atoms with Crippen molar-refractivity contribution in [2.45, 2.75) is 38.2 Å². The summed E-state index contributed by atoms with van der Waals surface area (Å²) in [6, 6.07) is 0. The third-order valence-electron chi connectivity index (χ3n) is 3.99. The molecule has 0 aromatic carbocycles. The maximum atomic E-state index is 12.1. The van der Waals surface area contributed by atoms with Gasteiger partial charge in [0.15, 0.2) is 0 Å². The highest BCUT2D eigenvalue weighted by Gasteiger charge is 2.27. The summed E-state index contributed by atoms with van der Waals surface area (Å²) in [5.74, 6) is 0.180. The van der Waals surface area contributed by atoms with E-state index in [1.54, 1.807) is 4.90 Å². The summed E-state index contributed by atoms with van der Waals surface area (Å²) in [4.78, 5) is 27.2. The lowest BCUT2D eigenvalue weighted by molar-refractivity contribution is -0.140. The molecule has 0 radical (unpaired) electrons. The third kappa shape index (κ3) is 4.18. The van der Waals surface area contributed by atoms with Crippen molar-refractivity contribution < 1.29 is 14.3 Å². The topological polar surface area (TPSA) is 75.9 Å². The van der Waals surface area contributed by atoms with Crippen LogP contribution in [0.2, 0.25) is 0 Å². The number of nitrogens with two attached hydrogens (primary N) is 1. The van der Waals surface area contributed by atoms with Gasteiger partial charge in [-0.2, -0.15) is 0 Å². The number of ether oxygens (including phenoxy) is 1. The highest BCUT2D eigenvalue weighted by atomic mass is 16.5. The number of piperidine rings is 1. The average molecular weight is 283 g/mol. The van der Waals surface area contributed by atoms with E-state index in [1.165, 1.54) is 0 Å². The molecule has 6 nitrogen and oxygen atoms in total. The van der Waals surface area contributed by atoms with Crippen molar-refractivity contribution in [3.8, 4) is 0 Å². The summed E-state index contributed by atoms with van der Waals surface area (Å²) < 4.78 is 5.72. The van der Waals surface area contributed by atoms with Crippen molar-refractivity contribution in [3.05, 3.63) is 0 Å². The average Bonchev–Trinajstić information content (AvgIpc) is 2.85. The fraction of sp³-hybridized carbons (Fsp3) is 0.857. The number of likely N-dealkylation sites (tertiary alicyclic amines) is 2. The zero-order chi connectivity index (χ0) is 14.4. The van der Waals surface area contributed by atoms with Crippen molar-refractivity contribution in [2.75, 3.05) is 39.3 Å². The molecule has 2 aliphatic rings. The first-order valence-electron chi connectivity index (χ1n) is 7.58. The van der Waals surface area contributed by atoms with Crippen molar-refractivity contribution in [1.82, 2.24) is 9.80 Å². The number of carbonyl (C=O) groups excluding carboxylic acids is 2. The Kier molecular flexibility index (Phi) is 5.79. The Morgan fingerprint density at radius 3 is 2.65 bits per heavy atom. The van der Waals surface area contributed by atoms with Gasteiger partial charge in [0.2, 0.25) is 11.8 Å². The highest BCUT2D eigenvalue weighted by molar-refractivity contribution is 5.85. The van der Waals surface area contributed by atoms with E-state index in [9.17, 15) is 9.59 Å². The quantitative estimate of drug-likeness (QED) is 0.694. The Morgan fingerprint density at radius 2 is 2.05 bits per heavy atom. The van der Waals surface area contributed by atoms with Gasteiger partial charge in [-0.05, 0) is 32.2 Å². The van der Waals surface area contributed by atoms with E-state index in [4.69, 9.17) is 10.5 Å². The number of hydrogen-bond acceptors (Lipinski definition) is 4. The summed E-state index contributed by atoms with van der Waals surface area (Å²) >= 11 is 0. The number of amides is 2. The van der Waals surface area contributed by atoms with Gasteiger partial charge in [0.05, 0.1) is 12.6 Å². The monoisotopic (exact) mass is 283 g/mol. The fourth-order valence-electron chi connectivity index (χ4n) is 2.74. The largest absolute Gasteiger partial charge is 0.378 e. The standard InChI is InChI=1S/C14H25N3O3/c15-6-2-10-20-12-4-8-16(9-5-12)14(19)11-17-7-1-3-13(17)18/h12H,1-11,15H2. The first-order valence-corrected chi connectivity index (χ1v) is 7.58. The van der Waals surface area contributed by atoms with E-state index in [2.05, 4.69) is 0 Å². The maximum absolute atomic E-state index is 12.1. The molecule has 2 saturated heterocycles. The lowest BCUT2D eigenvalue weighted by Crippen LogP contribution is -2.45. The molecule has 0 unspecified atom stereocenters.